The average Bonchev–Trinajstić information content (AvgIpc) is 2.42. The van der Waals surface area contributed by atoms with Crippen LogP contribution in [0.4, 0.5) is 0 Å². The fourth-order valence-electron chi connectivity index (χ4n) is 1.60. The van der Waals surface area contributed by atoms with Gasteiger partial charge in [-0.15, -0.1) is 0 Å². The first-order valence-electron chi connectivity index (χ1n) is 5.79. The van der Waals surface area contributed by atoms with Crippen molar-refractivity contribution in [3.63, 3.8) is 0 Å². The number of nitrogens with zero attached hydrogens (tertiary/aromatic N) is 2. The first-order valence-corrected chi connectivity index (χ1v) is 5.79. The molecule has 0 saturated heterocycles. The van der Waals surface area contributed by atoms with Gasteiger partial charge in [0.15, 0.2) is 0 Å². The summed E-state index contributed by atoms with van der Waals surface area (Å²) in [4.78, 5) is 11.5. The van der Waals surface area contributed by atoms with Crippen LogP contribution in [0.5, 0.6) is 0 Å². The highest BCUT2D eigenvalue weighted by Crippen LogP contribution is 2.03. The molecular weight excluding hydrogens is 216 g/mol. The molecule has 0 aliphatic heterocycles. The molecule has 1 aromatic rings. The number of amides is 1. The van der Waals surface area contributed by atoms with Gasteiger partial charge >= 0.3 is 0 Å². The van der Waals surface area contributed by atoms with Gasteiger partial charge < -0.3 is 10.6 Å². The second-order valence-corrected chi connectivity index (χ2v) is 5.32. The standard InChI is InChI=1S/C12H22N4O/c1-9-10(8-16(5)15-9)6-13-7-11(17)14-12(2,3)4/h8,13H,6-7H2,1-5H3,(H,14,17). The lowest BCUT2D eigenvalue weighted by Crippen LogP contribution is -2.44. The van der Waals surface area contributed by atoms with E-state index in [1.165, 1.54) is 0 Å². The highest BCUT2D eigenvalue weighted by atomic mass is 16.2. The van der Waals surface area contributed by atoms with Crippen LogP contribution >= 0.6 is 0 Å². The Labute approximate surface area is 103 Å². The Kier molecular flexibility index (Phi) is 4.28. The summed E-state index contributed by atoms with van der Waals surface area (Å²) < 4.78 is 1.78. The van der Waals surface area contributed by atoms with Gasteiger partial charge in [-0.2, -0.15) is 5.10 Å². The second kappa shape index (κ2) is 5.31. The van der Waals surface area contributed by atoms with Crippen molar-refractivity contribution in [2.24, 2.45) is 7.05 Å². The third kappa shape index (κ3) is 4.99. The van der Waals surface area contributed by atoms with Crippen molar-refractivity contribution in [3.05, 3.63) is 17.5 Å². The van der Waals surface area contributed by atoms with Gasteiger partial charge in [0, 0.05) is 30.9 Å². The summed E-state index contributed by atoms with van der Waals surface area (Å²) in [6, 6.07) is 0. The van der Waals surface area contributed by atoms with Crippen molar-refractivity contribution in [1.82, 2.24) is 20.4 Å². The molecule has 1 rings (SSSR count). The molecule has 0 saturated carbocycles. The molecule has 0 fully saturated rings. The number of nitrogens with one attached hydrogen (secondary N) is 2. The Morgan fingerprint density at radius 1 is 1.47 bits per heavy atom. The number of aryl methyl sites for hydroxylation is 2. The van der Waals surface area contributed by atoms with Gasteiger partial charge in [0.25, 0.3) is 0 Å². The quantitative estimate of drug-likeness (QED) is 0.813. The van der Waals surface area contributed by atoms with Crippen molar-refractivity contribution in [2.75, 3.05) is 6.54 Å². The fraction of sp³-hybridized carbons (Fsp3) is 0.667. The molecule has 1 heterocycles. The summed E-state index contributed by atoms with van der Waals surface area (Å²) in [6.45, 7) is 8.86. The van der Waals surface area contributed by atoms with E-state index in [2.05, 4.69) is 15.7 Å². The topological polar surface area (TPSA) is 59.0 Å². The summed E-state index contributed by atoms with van der Waals surface area (Å²) in [5, 5.41) is 10.3. The zero-order valence-electron chi connectivity index (χ0n) is 11.3. The van der Waals surface area contributed by atoms with E-state index in [0.717, 1.165) is 11.3 Å². The number of hydrogen-bond donors (Lipinski definition) is 2. The van der Waals surface area contributed by atoms with Crippen LogP contribution in [0.3, 0.4) is 0 Å². The summed E-state index contributed by atoms with van der Waals surface area (Å²) in [5.41, 5.74) is 1.94. The molecule has 0 spiro atoms. The van der Waals surface area contributed by atoms with E-state index in [1.54, 1.807) is 4.68 Å². The number of carbonyl (C=O) groups excluding carboxylic acids is 1. The highest BCUT2D eigenvalue weighted by molar-refractivity contribution is 5.78. The summed E-state index contributed by atoms with van der Waals surface area (Å²) in [5.74, 6) is 0.0130. The van der Waals surface area contributed by atoms with Crippen LogP contribution in [0.15, 0.2) is 6.20 Å². The third-order valence-electron chi connectivity index (χ3n) is 2.23. The second-order valence-electron chi connectivity index (χ2n) is 5.32. The van der Waals surface area contributed by atoms with Crippen molar-refractivity contribution < 1.29 is 4.79 Å². The Morgan fingerprint density at radius 2 is 2.12 bits per heavy atom. The van der Waals surface area contributed by atoms with Crippen molar-refractivity contribution in [1.29, 1.82) is 0 Å². The molecule has 0 aliphatic carbocycles. The first kappa shape index (κ1) is 13.7. The largest absolute Gasteiger partial charge is 0.350 e. The molecule has 0 aromatic carbocycles. The maximum Gasteiger partial charge on any atom is 0.234 e. The average molecular weight is 238 g/mol. The maximum atomic E-state index is 11.5. The number of aromatic nitrogens is 2. The first-order chi connectivity index (χ1) is 7.78. The monoisotopic (exact) mass is 238 g/mol. The Bertz CT molecular complexity index is 390. The highest BCUT2D eigenvalue weighted by Gasteiger charge is 2.13. The van der Waals surface area contributed by atoms with Crippen molar-refractivity contribution in [3.8, 4) is 0 Å². The minimum absolute atomic E-state index is 0.0130. The minimum Gasteiger partial charge on any atom is -0.350 e. The van der Waals surface area contributed by atoms with E-state index in [0.29, 0.717) is 13.1 Å². The van der Waals surface area contributed by atoms with Gasteiger partial charge in [-0.3, -0.25) is 9.48 Å². The molecule has 5 nitrogen and oxygen atoms in total. The molecular formula is C12H22N4O. The van der Waals surface area contributed by atoms with Gasteiger partial charge in [-0.1, -0.05) is 0 Å². The smallest absolute Gasteiger partial charge is 0.234 e. The van der Waals surface area contributed by atoms with Gasteiger partial charge in [-0.25, -0.2) is 0 Å². The molecule has 0 aliphatic rings. The fourth-order valence-corrected chi connectivity index (χ4v) is 1.60. The lowest BCUT2D eigenvalue weighted by atomic mass is 10.1. The van der Waals surface area contributed by atoms with Crippen LogP contribution in [0, 0.1) is 6.92 Å². The van der Waals surface area contributed by atoms with E-state index < -0.39 is 0 Å². The number of rotatable bonds is 4. The molecule has 1 aromatic heterocycles. The molecule has 0 unspecified atom stereocenters. The van der Waals surface area contributed by atoms with Gasteiger partial charge in [0.1, 0.15) is 0 Å². The summed E-state index contributed by atoms with van der Waals surface area (Å²) in [7, 11) is 1.89. The van der Waals surface area contributed by atoms with Crippen LogP contribution in [0.2, 0.25) is 0 Å². The van der Waals surface area contributed by atoms with Crippen LogP contribution in [0.1, 0.15) is 32.0 Å². The van der Waals surface area contributed by atoms with Crippen LogP contribution in [-0.4, -0.2) is 27.8 Å². The molecule has 0 bridgehead atoms. The van der Waals surface area contributed by atoms with E-state index in [9.17, 15) is 4.79 Å². The molecule has 5 heteroatoms. The predicted octanol–water partition coefficient (Wildman–Crippen LogP) is 0.733. The minimum atomic E-state index is -0.178. The zero-order chi connectivity index (χ0) is 13.1. The SMILES string of the molecule is Cc1nn(C)cc1CNCC(=O)NC(C)(C)C. The number of hydrogen-bond acceptors (Lipinski definition) is 3. The van der Waals surface area contributed by atoms with Crippen molar-refractivity contribution >= 4 is 5.91 Å². The molecule has 0 atom stereocenters. The van der Waals surface area contributed by atoms with Gasteiger partial charge in [0.2, 0.25) is 5.91 Å². The Balaban J connectivity index is 2.33. The molecule has 96 valence electrons. The summed E-state index contributed by atoms with van der Waals surface area (Å²) in [6.07, 6.45) is 1.96. The molecule has 0 radical (unpaired) electrons. The molecule has 1 amide bonds. The van der Waals surface area contributed by atoms with Gasteiger partial charge in [0.05, 0.1) is 12.2 Å². The zero-order valence-corrected chi connectivity index (χ0v) is 11.3. The van der Waals surface area contributed by atoms with Crippen molar-refractivity contribution in [2.45, 2.75) is 39.8 Å². The van der Waals surface area contributed by atoms with E-state index in [-0.39, 0.29) is 11.4 Å². The normalized spacial score (nSPS) is 11.6. The maximum absolute atomic E-state index is 11.5. The molecule has 17 heavy (non-hydrogen) atoms. The van der Waals surface area contributed by atoms with Gasteiger partial charge in [-0.05, 0) is 27.7 Å². The lowest BCUT2D eigenvalue weighted by molar-refractivity contribution is -0.121. The Morgan fingerprint density at radius 3 is 2.59 bits per heavy atom. The van der Waals surface area contributed by atoms with Crippen LogP contribution in [0.25, 0.3) is 0 Å². The predicted molar refractivity (Wildman–Crippen MR) is 67.5 cm³/mol. The molecule has 2 N–H and O–H groups in total. The third-order valence-corrected chi connectivity index (χ3v) is 2.23. The Hall–Kier alpha value is -1.36. The van der Waals surface area contributed by atoms with E-state index in [4.69, 9.17) is 0 Å². The van der Waals surface area contributed by atoms with E-state index >= 15 is 0 Å². The number of carbonyl (C=O) groups is 1. The van der Waals surface area contributed by atoms with Crippen LogP contribution < -0.4 is 10.6 Å². The summed E-state index contributed by atoms with van der Waals surface area (Å²) >= 11 is 0. The lowest BCUT2D eigenvalue weighted by Gasteiger charge is -2.20. The van der Waals surface area contributed by atoms with Crippen LogP contribution in [-0.2, 0) is 18.4 Å². The van der Waals surface area contributed by atoms with E-state index in [1.807, 2.05) is 40.9 Å².